The smallest absolute Gasteiger partial charge is 0.143 e. The van der Waals surface area contributed by atoms with Crippen LogP contribution in [0.5, 0.6) is 0 Å². The minimum Gasteiger partial charge on any atom is -0.455 e. The molecule has 0 spiro atoms. The second-order valence-corrected chi connectivity index (χ2v) is 16.1. The average Bonchev–Trinajstić information content (AvgIpc) is 3.91. The number of nitrogens with zero attached hydrogens (tertiary/aromatic N) is 2. The van der Waals surface area contributed by atoms with Gasteiger partial charge in [-0.05, 0) is 82.4 Å². The van der Waals surface area contributed by atoms with E-state index in [9.17, 15) is 0 Å². The Kier molecular flexibility index (Phi) is 8.83. The second-order valence-electron chi connectivity index (χ2n) is 16.1. The molecule has 0 unspecified atom stereocenters. The molecule has 2 aromatic heterocycles. The van der Waals surface area contributed by atoms with Crippen molar-refractivity contribution < 1.29 is 4.42 Å². The molecule has 0 aliphatic rings. The molecule has 2 heterocycles. The van der Waals surface area contributed by atoms with E-state index in [-0.39, 0.29) is 0 Å². The van der Waals surface area contributed by atoms with Crippen LogP contribution in [0.4, 0.5) is 17.1 Å². The van der Waals surface area contributed by atoms with E-state index in [0.29, 0.717) is 0 Å². The second kappa shape index (κ2) is 15.3. The molecule has 0 fully saturated rings. The molecule has 0 amide bonds. The molecule has 12 aromatic rings. The summed E-state index contributed by atoms with van der Waals surface area (Å²) in [6.07, 6.45) is 0. The standard InChI is InChI=1S/C60H40N2O/c1-2-15-41(16-3-1)43-33-37-46(38-34-43)61(47-39-35-44(36-40-47)42-29-31-45(32-30-42)48-22-14-23-54-53-21-8-13-28-59(53)63-60(48)54)55-24-9-4-17-49(55)50-18-5-10-25-56(50)62-57-26-11-6-19-51(57)52-20-7-12-27-58(52)62/h1-40H. The van der Waals surface area contributed by atoms with Crippen molar-refractivity contribution in [1.82, 2.24) is 4.57 Å². The number of hydrogen-bond acceptors (Lipinski definition) is 2. The fraction of sp³-hybridized carbons (Fsp3) is 0. The molecule has 0 aliphatic carbocycles. The van der Waals surface area contributed by atoms with Gasteiger partial charge in [-0.3, -0.25) is 0 Å². The summed E-state index contributed by atoms with van der Waals surface area (Å²) < 4.78 is 8.80. The van der Waals surface area contributed by atoms with Crippen molar-refractivity contribution in [2.24, 2.45) is 0 Å². The van der Waals surface area contributed by atoms with E-state index in [1.165, 1.54) is 32.9 Å². The third-order valence-corrected chi connectivity index (χ3v) is 12.5. The van der Waals surface area contributed by atoms with Gasteiger partial charge >= 0.3 is 0 Å². The number of aromatic nitrogens is 1. The number of benzene rings is 10. The Morgan fingerprint density at radius 1 is 0.302 bits per heavy atom. The Labute approximate surface area is 366 Å². The molecule has 296 valence electrons. The Morgan fingerprint density at radius 2 is 0.762 bits per heavy atom. The summed E-state index contributed by atoms with van der Waals surface area (Å²) >= 11 is 0. The van der Waals surface area contributed by atoms with E-state index in [1.807, 2.05) is 12.1 Å². The Balaban J connectivity index is 0.961. The normalized spacial score (nSPS) is 11.5. The van der Waals surface area contributed by atoms with Crippen LogP contribution >= 0.6 is 0 Å². The van der Waals surface area contributed by atoms with E-state index in [2.05, 4.69) is 240 Å². The Morgan fingerprint density at radius 3 is 1.43 bits per heavy atom. The predicted molar refractivity (Wildman–Crippen MR) is 264 cm³/mol. The van der Waals surface area contributed by atoms with E-state index in [0.717, 1.165) is 78.1 Å². The lowest BCUT2D eigenvalue weighted by Gasteiger charge is -2.29. The monoisotopic (exact) mass is 804 g/mol. The molecule has 0 N–H and O–H groups in total. The molecule has 10 aromatic carbocycles. The van der Waals surface area contributed by atoms with Gasteiger partial charge in [0.05, 0.1) is 22.4 Å². The molecular weight excluding hydrogens is 765 g/mol. The highest BCUT2D eigenvalue weighted by Crippen LogP contribution is 2.45. The maximum absolute atomic E-state index is 6.38. The summed E-state index contributed by atoms with van der Waals surface area (Å²) in [5.41, 5.74) is 17.8. The van der Waals surface area contributed by atoms with Crippen LogP contribution in [-0.2, 0) is 0 Å². The van der Waals surface area contributed by atoms with Crippen molar-refractivity contribution in [2.75, 3.05) is 4.90 Å². The van der Waals surface area contributed by atoms with E-state index in [4.69, 9.17) is 4.42 Å². The lowest BCUT2D eigenvalue weighted by Crippen LogP contribution is -2.11. The first kappa shape index (κ1) is 36.5. The largest absolute Gasteiger partial charge is 0.455 e. The molecule has 0 aliphatic heterocycles. The first-order valence-corrected chi connectivity index (χ1v) is 21.5. The first-order chi connectivity index (χ1) is 31.3. The quantitative estimate of drug-likeness (QED) is 0.153. The minimum atomic E-state index is 0.910. The molecule has 0 atom stereocenters. The number of rotatable bonds is 8. The van der Waals surface area contributed by atoms with E-state index in [1.54, 1.807) is 0 Å². The molecule has 0 saturated heterocycles. The Bertz CT molecular complexity index is 3550. The summed E-state index contributed by atoms with van der Waals surface area (Å²) in [7, 11) is 0. The minimum absolute atomic E-state index is 0.910. The fourth-order valence-corrected chi connectivity index (χ4v) is 9.46. The summed E-state index contributed by atoms with van der Waals surface area (Å²) in [6, 6.07) is 87.1. The van der Waals surface area contributed by atoms with Gasteiger partial charge in [-0.25, -0.2) is 0 Å². The molecular formula is C60H40N2O. The molecule has 3 nitrogen and oxygen atoms in total. The highest BCUT2D eigenvalue weighted by molar-refractivity contribution is 6.11. The van der Waals surface area contributed by atoms with Crippen LogP contribution in [0.2, 0.25) is 0 Å². The van der Waals surface area contributed by atoms with Crippen LogP contribution in [0.15, 0.2) is 247 Å². The molecule has 3 heteroatoms. The van der Waals surface area contributed by atoms with Gasteiger partial charge in [-0.2, -0.15) is 0 Å². The van der Waals surface area contributed by atoms with Crippen molar-refractivity contribution in [1.29, 1.82) is 0 Å². The van der Waals surface area contributed by atoms with Crippen molar-refractivity contribution in [3.63, 3.8) is 0 Å². The fourth-order valence-electron chi connectivity index (χ4n) is 9.46. The molecule has 0 bridgehead atoms. The maximum atomic E-state index is 6.38. The highest BCUT2D eigenvalue weighted by atomic mass is 16.3. The van der Waals surface area contributed by atoms with Gasteiger partial charge < -0.3 is 13.9 Å². The van der Waals surface area contributed by atoms with Gasteiger partial charge in [0, 0.05) is 49.6 Å². The lowest BCUT2D eigenvalue weighted by atomic mass is 9.98. The van der Waals surface area contributed by atoms with Crippen LogP contribution in [0.3, 0.4) is 0 Å². The lowest BCUT2D eigenvalue weighted by molar-refractivity contribution is 0.670. The van der Waals surface area contributed by atoms with E-state index >= 15 is 0 Å². The Hall–Kier alpha value is -8.40. The van der Waals surface area contributed by atoms with Crippen LogP contribution in [0, 0.1) is 0 Å². The molecule has 12 rings (SSSR count). The van der Waals surface area contributed by atoms with Crippen molar-refractivity contribution >= 4 is 60.8 Å². The van der Waals surface area contributed by atoms with Gasteiger partial charge in [0.25, 0.3) is 0 Å². The van der Waals surface area contributed by atoms with Gasteiger partial charge in [-0.1, -0.05) is 188 Å². The molecule has 0 radical (unpaired) electrons. The maximum Gasteiger partial charge on any atom is 0.143 e. The molecule has 0 saturated carbocycles. The summed E-state index contributed by atoms with van der Waals surface area (Å²) in [4.78, 5) is 2.40. The van der Waals surface area contributed by atoms with Crippen LogP contribution in [-0.4, -0.2) is 4.57 Å². The van der Waals surface area contributed by atoms with Gasteiger partial charge in [0.2, 0.25) is 0 Å². The zero-order valence-corrected chi connectivity index (χ0v) is 34.4. The zero-order valence-electron chi connectivity index (χ0n) is 34.4. The van der Waals surface area contributed by atoms with Crippen LogP contribution in [0.25, 0.3) is 93.9 Å². The number of para-hydroxylation sites is 6. The van der Waals surface area contributed by atoms with Gasteiger partial charge in [-0.15, -0.1) is 0 Å². The number of hydrogen-bond donors (Lipinski definition) is 0. The summed E-state index contributed by atoms with van der Waals surface area (Å²) in [6.45, 7) is 0. The number of fused-ring (bicyclic) bond motifs is 6. The van der Waals surface area contributed by atoms with Gasteiger partial charge in [0.15, 0.2) is 0 Å². The number of furan rings is 1. The number of anilines is 3. The predicted octanol–water partition coefficient (Wildman–Crippen LogP) is 16.8. The van der Waals surface area contributed by atoms with Crippen molar-refractivity contribution in [3.8, 4) is 50.2 Å². The third kappa shape index (κ3) is 6.29. The topological polar surface area (TPSA) is 21.3 Å². The van der Waals surface area contributed by atoms with Gasteiger partial charge in [0.1, 0.15) is 11.2 Å². The van der Waals surface area contributed by atoms with Crippen molar-refractivity contribution in [3.05, 3.63) is 243 Å². The van der Waals surface area contributed by atoms with Crippen molar-refractivity contribution in [2.45, 2.75) is 0 Å². The zero-order chi connectivity index (χ0) is 41.7. The SMILES string of the molecule is c1ccc(-c2ccc(N(c3ccc(-c4ccc(-c5cccc6c5oc5ccccc56)cc4)cc3)c3ccccc3-c3ccccc3-n3c4ccccc4c4ccccc43)cc2)cc1. The summed E-state index contributed by atoms with van der Waals surface area (Å²) in [5, 5.41) is 4.77. The highest BCUT2D eigenvalue weighted by Gasteiger charge is 2.21. The summed E-state index contributed by atoms with van der Waals surface area (Å²) in [5.74, 6) is 0. The average molecular weight is 805 g/mol. The van der Waals surface area contributed by atoms with E-state index < -0.39 is 0 Å². The third-order valence-electron chi connectivity index (χ3n) is 12.5. The molecule has 63 heavy (non-hydrogen) atoms. The first-order valence-electron chi connectivity index (χ1n) is 21.5. The van der Waals surface area contributed by atoms with Crippen LogP contribution in [0.1, 0.15) is 0 Å². The van der Waals surface area contributed by atoms with Crippen LogP contribution < -0.4 is 4.90 Å².